The third-order valence-electron chi connectivity index (χ3n) is 3.89. The summed E-state index contributed by atoms with van der Waals surface area (Å²) in [6.07, 6.45) is 4.58. The van der Waals surface area contributed by atoms with E-state index in [4.69, 9.17) is 0 Å². The lowest BCUT2D eigenvalue weighted by Gasteiger charge is -2.31. The fraction of sp³-hybridized carbons (Fsp3) is 0.412. The van der Waals surface area contributed by atoms with Crippen molar-refractivity contribution in [3.05, 3.63) is 41.7 Å². The molecule has 2 amide bonds. The number of amides is 2. The molecule has 4 nitrogen and oxygen atoms in total. The fourth-order valence-electron chi connectivity index (χ4n) is 2.56. The van der Waals surface area contributed by atoms with E-state index in [1.165, 1.54) is 18.2 Å². The quantitative estimate of drug-likeness (QED) is 0.803. The van der Waals surface area contributed by atoms with Crippen LogP contribution in [0, 0.1) is 11.7 Å². The molecule has 0 atom stereocenters. The van der Waals surface area contributed by atoms with Crippen LogP contribution in [0.25, 0.3) is 6.08 Å². The first-order chi connectivity index (χ1) is 10.5. The Kier molecular flexibility index (Phi) is 5.31. The molecule has 1 saturated heterocycles. The molecule has 2 rings (SSSR count). The average molecular weight is 304 g/mol. The molecular weight excluding hydrogens is 283 g/mol. The van der Waals surface area contributed by atoms with E-state index < -0.39 is 0 Å². The van der Waals surface area contributed by atoms with Crippen LogP contribution in [-0.2, 0) is 9.59 Å². The summed E-state index contributed by atoms with van der Waals surface area (Å²) in [7, 11) is 3.51. The number of rotatable bonds is 3. The summed E-state index contributed by atoms with van der Waals surface area (Å²) in [4.78, 5) is 27.4. The summed E-state index contributed by atoms with van der Waals surface area (Å²) in [6.45, 7) is 1.19. The second-order valence-electron chi connectivity index (χ2n) is 5.72. The number of benzene rings is 1. The molecule has 0 radical (unpaired) electrons. The van der Waals surface area contributed by atoms with Crippen LogP contribution in [0.1, 0.15) is 18.4 Å². The third-order valence-corrected chi connectivity index (χ3v) is 3.89. The van der Waals surface area contributed by atoms with E-state index in [9.17, 15) is 14.0 Å². The van der Waals surface area contributed by atoms with E-state index in [0.29, 0.717) is 25.9 Å². The van der Waals surface area contributed by atoms with Gasteiger partial charge >= 0.3 is 0 Å². The van der Waals surface area contributed by atoms with Crippen molar-refractivity contribution in [3.8, 4) is 0 Å². The van der Waals surface area contributed by atoms with E-state index >= 15 is 0 Å². The fourth-order valence-corrected chi connectivity index (χ4v) is 2.56. The first-order valence-corrected chi connectivity index (χ1v) is 7.41. The smallest absolute Gasteiger partial charge is 0.246 e. The van der Waals surface area contributed by atoms with Gasteiger partial charge in [0.2, 0.25) is 11.8 Å². The zero-order valence-corrected chi connectivity index (χ0v) is 13.0. The minimum atomic E-state index is -0.295. The minimum absolute atomic E-state index is 0.0140. The van der Waals surface area contributed by atoms with Crippen LogP contribution in [0.4, 0.5) is 4.39 Å². The Balaban J connectivity index is 1.87. The van der Waals surface area contributed by atoms with Gasteiger partial charge in [-0.1, -0.05) is 12.1 Å². The van der Waals surface area contributed by atoms with Crippen LogP contribution in [0.3, 0.4) is 0 Å². The molecule has 0 unspecified atom stereocenters. The van der Waals surface area contributed by atoms with Gasteiger partial charge in [0, 0.05) is 39.2 Å². The number of hydrogen-bond acceptors (Lipinski definition) is 2. The van der Waals surface area contributed by atoms with Gasteiger partial charge in [-0.25, -0.2) is 4.39 Å². The molecule has 1 aliphatic rings. The van der Waals surface area contributed by atoms with Gasteiger partial charge in [0.15, 0.2) is 0 Å². The summed E-state index contributed by atoms with van der Waals surface area (Å²) in [6, 6.07) is 5.98. The van der Waals surface area contributed by atoms with E-state index in [1.807, 2.05) is 0 Å². The lowest BCUT2D eigenvalue weighted by atomic mass is 9.95. The molecule has 1 aromatic carbocycles. The highest BCUT2D eigenvalue weighted by atomic mass is 19.1. The summed E-state index contributed by atoms with van der Waals surface area (Å²) < 4.78 is 12.8. The molecule has 0 bridgehead atoms. The van der Waals surface area contributed by atoms with Crippen molar-refractivity contribution in [2.45, 2.75) is 12.8 Å². The molecule has 0 aliphatic carbocycles. The van der Waals surface area contributed by atoms with Gasteiger partial charge < -0.3 is 9.80 Å². The average Bonchev–Trinajstić information content (AvgIpc) is 2.53. The topological polar surface area (TPSA) is 40.6 Å². The molecule has 1 aliphatic heterocycles. The van der Waals surface area contributed by atoms with Crippen molar-refractivity contribution in [2.24, 2.45) is 5.92 Å². The maximum Gasteiger partial charge on any atom is 0.246 e. The van der Waals surface area contributed by atoms with Crippen LogP contribution < -0.4 is 0 Å². The first kappa shape index (κ1) is 16.2. The zero-order chi connectivity index (χ0) is 16.1. The Morgan fingerprint density at radius 3 is 2.32 bits per heavy atom. The van der Waals surface area contributed by atoms with Gasteiger partial charge in [-0.15, -0.1) is 0 Å². The van der Waals surface area contributed by atoms with E-state index in [-0.39, 0.29) is 23.5 Å². The van der Waals surface area contributed by atoms with Gasteiger partial charge in [0.05, 0.1) is 0 Å². The van der Waals surface area contributed by atoms with Crippen molar-refractivity contribution in [3.63, 3.8) is 0 Å². The lowest BCUT2D eigenvalue weighted by molar-refractivity contribution is -0.137. The highest BCUT2D eigenvalue weighted by Crippen LogP contribution is 2.19. The molecule has 5 heteroatoms. The van der Waals surface area contributed by atoms with E-state index in [2.05, 4.69) is 0 Å². The number of likely N-dealkylation sites (tertiary alicyclic amines) is 1. The largest absolute Gasteiger partial charge is 0.349 e. The number of hydrogen-bond donors (Lipinski definition) is 0. The van der Waals surface area contributed by atoms with Gasteiger partial charge in [-0.2, -0.15) is 0 Å². The van der Waals surface area contributed by atoms with Crippen molar-refractivity contribution < 1.29 is 14.0 Å². The van der Waals surface area contributed by atoms with Crippen LogP contribution in [-0.4, -0.2) is 48.8 Å². The van der Waals surface area contributed by atoms with Gasteiger partial charge in [-0.3, -0.25) is 9.59 Å². The van der Waals surface area contributed by atoms with E-state index in [1.54, 1.807) is 42.1 Å². The second-order valence-corrected chi connectivity index (χ2v) is 5.72. The Morgan fingerprint density at radius 1 is 1.18 bits per heavy atom. The van der Waals surface area contributed by atoms with Crippen molar-refractivity contribution in [2.75, 3.05) is 27.2 Å². The molecular formula is C17H21FN2O2. The number of halogens is 1. The van der Waals surface area contributed by atoms with Gasteiger partial charge in [0.1, 0.15) is 5.82 Å². The Bertz CT molecular complexity index is 559. The maximum absolute atomic E-state index is 12.8. The molecule has 118 valence electrons. The third kappa shape index (κ3) is 4.16. The van der Waals surface area contributed by atoms with Gasteiger partial charge in [0.25, 0.3) is 0 Å². The Morgan fingerprint density at radius 2 is 1.77 bits per heavy atom. The maximum atomic E-state index is 12.8. The standard InChI is InChI=1S/C17H21FN2O2/c1-19(2)17(22)14-9-11-20(12-10-14)16(21)8-5-13-3-6-15(18)7-4-13/h3-8,14H,9-12H2,1-2H3/b8-5+. The van der Waals surface area contributed by atoms with Gasteiger partial charge in [-0.05, 0) is 36.6 Å². The summed E-state index contributed by atoms with van der Waals surface area (Å²) in [5, 5.41) is 0. The predicted molar refractivity (Wildman–Crippen MR) is 83.4 cm³/mol. The molecule has 0 saturated carbocycles. The number of carbonyl (C=O) groups is 2. The van der Waals surface area contributed by atoms with Crippen LogP contribution in [0.15, 0.2) is 30.3 Å². The van der Waals surface area contributed by atoms with E-state index in [0.717, 1.165) is 5.56 Å². The number of nitrogens with zero attached hydrogens (tertiary/aromatic N) is 2. The Hall–Kier alpha value is -2.17. The highest BCUT2D eigenvalue weighted by Gasteiger charge is 2.27. The summed E-state index contributed by atoms with van der Waals surface area (Å²) >= 11 is 0. The van der Waals surface area contributed by atoms with Crippen LogP contribution >= 0.6 is 0 Å². The Labute approximate surface area is 130 Å². The molecule has 1 heterocycles. The number of carbonyl (C=O) groups excluding carboxylic acids is 2. The minimum Gasteiger partial charge on any atom is -0.349 e. The molecule has 0 spiro atoms. The highest BCUT2D eigenvalue weighted by molar-refractivity contribution is 5.92. The predicted octanol–water partition coefficient (Wildman–Crippen LogP) is 2.17. The van der Waals surface area contributed by atoms with Crippen molar-refractivity contribution in [1.29, 1.82) is 0 Å². The monoisotopic (exact) mass is 304 g/mol. The summed E-state index contributed by atoms with van der Waals surface area (Å²) in [5.41, 5.74) is 0.785. The zero-order valence-electron chi connectivity index (χ0n) is 13.0. The van der Waals surface area contributed by atoms with Crippen LogP contribution in [0.2, 0.25) is 0 Å². The normalized spacial score (nSPS) is 16.0. The molecule has 1 fully saturated rings. The number of piperidine rings is 1. The van der Waals surface area contributed by atoms with Crippen LogP contribution in [0.5, 0.6) is 0 Å². The first-order valence-electron chi connectivity index (χ1n) is 7.41. The molecule has 0 aromatic heterocycles. The summed E-state index contributed by atoms with van der Waals surface area (Å²) in [5.74, 6) is -0.217. The van der Waals surface area contributed by atoms with Crippen molar-refractivity contribution >= 4 is 17.9 Å². The van der Waals surface area contributed by atoms with Crippen molar-refractivity contribution in [1.82, 2.24) is 9.80 Å². The SMILES string of the molecule is CN(C)C(=O)C1CCN(C(=O)/C=C/c2ccc(F)cc2)CC1. The molecule has 1 aromatic rings. The lowest BCUT2D eigenvalue weighted by Crippen LogP contribution is -2.42. The molecule has 22 heavy (non-hydrogen) atoms. The second kappa shape index (κ2) is 7.20. The molecule has 0 N–H and O–H groups in total.